The lowest BCUT2D eigenvalue weighted by Crippen LogP contribution is -2.33. The molecule has 6 nitrogen and oxygen atoms in total. The van der Waals surface area contributed by atoms with Crippen molar-refractivity contribution in [1.82, 2.24) is 15.1 Å². The topological polar surface area (TPSA) is 77.1 Å². The first-order valence-corrected chi connectivity index (χ1v) is 8.19. The Kier molecular flexibility index (Phi) is 5.18. The summed E-state index contributed by atoms with van der Waals surface area (Å²) in [6.07, 6.45) is 0. The monoisotopic (exact) mass is 375 g/mol. The molecule has 3 rings (SSSR count). The van der Waals surface area contributed by atoms with E-state index >= 15 is 0 Å². The van der Waals surface area contributed by atoms with Crippen LogP contribution in [-0.2, 0) is 11.3 Å². The van der Waals surface area contributed by atoms with Crippen LogP contribution in [0.3, 0.4) is 0 Å². The third kappa shape index (κ3) is 4.00. The molecule has 0 bridgehead atoms. The molecule has 0 saturated heterocycles. The van der Waals surface area contributed by atoms with Gasteiger partial charge in [-0.3, -0.25) is 4.79 Å². The van der Waals surface area contributed by atoms with Crippen LogP contribution in [0.4, 0.5) is 4.39 Å². The van der Waals surface area contributed by atoms with Crippen molar-refractivity contribution in [2.24, 2.45) is 0 Å². The lowest BCUT2D eigenvalue weighted by Gasteiger charge is -2.15. The summed E-state index contributed by atoms with van der Waals surface area (Å²) in [6, 6.07) is 12.1. The number of hydrogen-bond acceptors (Lipinski definition) is 4. The maximum absolute atomic E-state index is 13.0. The maximum Gasteiger partial charge on any atom is 0.437 e. The number of carbonyl (C=O) groups excluding carboxylic acids is 1. The van der Waals surface area contributed by atoms with Crippen LogP contribution in [0.15, 0.2) is 57.7 Å². The van der Waals surface area contributed by atoms with Crippen molar-refractivity contribution in [3.8, 4) is 11.5 Å². The van der Waals surface area contributed by atoms with Gasteiger partial charge in [0.15, 0.2) is 0 Å². The molecule has 0 unspecified atom stereocenters. The van der Waals surface area contributed by atoms with Gasteiger partial charge in [0, 0.05) is 10.6 Å². The van der Waals surface area contributed by atoms with Gasteiger partial charge in [-0.05, 0) is 42.8 Å². The quantitative estimate of drug-likeness (QED) is 0.743. The van der Waals surface area contributed by atoms with Crippen molar-refractivity contribution in [3.05, 3.63) is 75.5 Å². The Balaban J connectivity index is 1.71. The third-order valence-corrected chi connectivity index (χ3v) is 4.08. The Morgan fingerprint density at radius 3 is 2.65 bits per heavy atom. The van der Waals surface area contributed by atoms with Gasteiger partial charge in [0.1, 0.15) is 12.4 Å². The third-order valence-electron chi connectivity index (χ3n) is 3.74. The van der Waals surface area contributed by atoms with Crippen molar-refractivity contribution in [2.75, 3.05) is 0 Å². The van der Waals surface area contributed by atoms with Gasteiger partial charge in [-0.1, -0.05) is 29.8 Å². The molecule has 3 aromatic rings. The molecule has 1 amide bonds. The summed E-state index contributed by atoms with van der Waals surface area (Å²) in [7, 11) is 0. The van der Waals surface area contributed by atoms with Crippen LogP contribution in [0.25, 0.3) is 11.5 Å². The number of rotatable bonds is 5. The molecule has 0 radical (unpaired) electrons. The summed E-state index contributed by atoms with van der Waals surface area (Å²) in [4.78, 5) is 24.1. The number of aromatic nitrogens is 2. The minimum absolute atomic E-state index is 0.0157. The van der Waals surface area contributed by atoms with E-state index in [9.17, 15) is 14.0 Å². The molecular weight excluding hydrogens is 361 g/mol. The fraction of sp³-hybridized carbons (Fsp3) is 0.167. The highest BCUT2D eigenvalue weighted by molar-refractivity contribution is 6.31. The SMILES string of the molecule is C[C@@H](NC(=O)Cn1nc(-c2ccc(F)cc2)oc1=O)c1ccccc1Cl. The number of hydrogen-bond donors (Lipinski definition) is 1. The second-order valence-electron chi connectivity index (χ2n) is 5.65. The normalized spacial score (nSPS) is 12.0. The number of benzene rings is 2. The number of nitrogens with zero attached hydrogens (tertiary/aromatic N) is 2. The van der Waals surface area contributed by atoms with E-state index < -0.39 is 17.5 Å². The zero-order chi connectivity index (χ0) is 18.7. The van der Waals surface area contributed by atoms with Crippen molar-refractivity contribution in [1.29, 1.82) is 0 Å². The number of carbonyl (C=O) groups is 1. The predicted molar refractivity (Wildman–Crippen MR) is 94.2 cm³/mol. The second kappa shape index (κ2) is 7.53. The number of amides is 1. The molecule has 1 atom stereocenters. The molecule has 0 aliphatic heterocycles. The molecule has 0 fully saturated rings. The largest absolute Gasteiger partial charge is 0.437 e. The summed E-state index contributed by atoms with van der Waals surface area (Å²) in [5, 5.41) is 7.27. The van der Waals surface area contributed by atoms with E-state index in [1.54, 1.807) is 19.1 Å². The zero-order valence-electron chi connectivity index (χ0n) is 13.8. The average Bonchev–Trinajstić information content (AvgIpc) is 2.96. The molecule has 26 heavy (non-hydrogen) atoms. The first-order valence-electron chi connectivity index (χ1n) is 7.81. The van der Waals surface area contributed by atoms with Gasteiger partial charge in [-0.2, -0.15) is 4.68 Å². The lowest BCUT2D eigenvalue weighted by molar-refractivity contribution is -0.122. The van der Waals surface area contributed by atoms with Crippen LogP contribution in [0.1, 0.15) is 18.5 Å². The summed E-state index contributed by atoms with van der Waals surface area (Å²) >= 11 is 6.11. The minimum Gasteiger partial charge on any atom is -0.388 e. The van der Waals surface area contributed by atoms with Gasteiger partial charge in [0.05, 0.1) is 6.04 Å². The molecule has 0 spiro atoms. The maximum atomic E-state index is 13.0. The van der Waals surface area contributed by atoms with Crippen LogP contribution in [0.2, 0.25) is 5.02 Å². The molecule has 8 heteroatoms. The minimum atomic E-state index is -0.773. The molecule has 1 N–H and O–H groups in total. The molecule has 1 heterocycles. The van der Waals surface area contributed by atoms with Gasteiger partial charge in [-0.15, -0.1) is 5.10 Å². The number of nitrogens with one attached hydrogen (secondary N) is 1. The second-order valence-corrected chi connectivity index (χ2v) is 6.06. The summed E-state index contributed by atoms with van der Waals surface area (Å²) in [6.45, 7) is 1.48. The summed E-state index contributed by atoms with van der Waals surface area (Å²) in [5.74, 6) is -1.59. The Bertz CT molecular complexity index is 982. The van der Waals surface area contributed by atoms with E-state index in [1.807, 2.05) is 12.1 Å². The van der Waals surface area contributed by atoms with Crippen LogP contribution in [-0.4, -0.2) is 15.7 Å². The van der Waals surface area contributed by atoms with Crippen LogP contribution >= 0.6 is 11.6 Å². The van der Waals surface area contributed by atoms with Gasteiger partial charge in [0.25, 0.3) is 0 Å². The molecule has 134 valence electrons. The zero-order valence-corrected chi connectivity index (χ0v) is 14.5. The highest BCUT2D eigenvalue weighted by atomic mass is 35.5. The Morgan fingerprint density at radius 2 is 1.96 bits per heavy atom. The smallest absolute Gasteiger partial charge is 0.388 e. The van der Waals surface area contributed by atoms with Gasteiger partial charge < -0.3 is 9.73 Å². The molecule has 0 aliphatic carbocycles. The van der Waals surface area contributed by atoms with Crippen molar-refractivity contribution in [2.45, 2.75) is 19.5 Å². The molecule has 0 aliphatic rings. The highest BCUT2D eigenvalue weighted by Gasteiger charge is 2.16. The Hall–Kier alpha value is -2.93. The fourth-order valence-corrected chi connectivity index (χ4v) is 2.74. The van der Waals surface area contributed by atoms with Crippen LogP contribution < -0.4 is 11.1 Å². The lowest BCUT2D eigenvalue weighted by atomic mass is 10.1. The van der Waals surface area contributed by atoms with E-state index in [2.05, 4.69) is 10.4 Å². The van der Waals surface area contributed by atoms with E-state index in [4.69, 9.17) is 16.0 Å². The summed E-state index contributed by atoms with van der Waals surface area (Å²) < 4.78 is 18.9. The van der Waals surface area contributed by atoms with Crippen molar-refractivity contribution >= 4 is 17.5 Å². The van der Waals surface area contributed by atoms with Crippen LogP contribution in [0.5, 0.6) is 0 Å². The Morgan fingerprint density at radius 1 is 1.27 bits per heavy atom. The Labute approximate surface area is 153 Å². The predicted octanol–water partition coefficient (Wildman–Crippen LogP) is 3.17. The van der Waals surface area contributed by atoms with Gasteiger partial charge in [-0.25, -0.2) is 9.18 Å². The van der Waals surface area contributed by atoms with E-state index in [-0.39, 0.29) is 18.5 Å². The van der Waals surface area contributed by atoms with E-state index in [0.29, 0.717) is 10.6 Å². The van der Waals surface area contributed by atoms with Crippen molar-refractivity contribution in [3.63, 3.8) is 0 Å². The van der Waals surface area contributed by atoms with E-state index in [1.165, 1.54) is 24.3 Å². The first-order chi connectivity index (χ1) is 12.4. The summed E-state index contributed by atoms with van der Waals surface area (Å²) in [5.41, 5.74) is 1.20. The standard InChI is InChI=1S/C18H15ClFN3O3/c1-11(14-4-2-3-5-15(14)19)21-16(24)10-23-18(25)26-17(22-23)12-6-8-13(20)9-7-12/h2-9,11H,10H2,1H3,(H,21,24)/t11-/m1/s1. The van der Waals surface area contributed by atoms with Gasteiger partial charge in [0.2, 0.25) is 11.8 Å². The van der Waals surface area contributed by atoms with Gasteiger partial charge >= 0.3 is 5.76 Å². The average molecular weight is 376 g/mol. The highest BCUT2D eigenvalue weighted by Crippen LogP contribution is 2.22. The molecule has 1 aromatic heterocycles. The van der Waals surface area contributed by atoms with Crippen LogP contribution in [0, 0.1) is 5.82 Å². The first kappa shape index (κ1) is 17.9. The molecule has 2 aromatic carbocycles. The van der Waals surface area contributed by atoms with Crippen molar-refractivity contribution < 1.29 is 13.6 Å². The molecular formula is C18H15ClFN3O3. The number of halogens is 2. The molecule has 0 saturated carbocycles. The fourth-order valence-electron chi connectivity index (χ4n) is 2.44. The van der Waals surface area contributed by atoms with E-state index in [0.717, 1.165) is 10.2 Å².